The molecule has 0 fully saturated rings. The van der Waals surface area contributed by atoms with E-state index < -0.39 is 5.97 Å². The molecule has 0 aliphatic heterocycles. The average molecular weight is 408 g/mol. The highest BCUT2D eigenvalue weighted by Crippen LogP contribution is 2.28. The van der Waals surface area contributed by atoms with Crippen molar-refractivity contribution in [2.75, 3.05) is 7.11 Å². The fourth-order valence-corrected chi connectivity index (χ4v) is 2.25. The first-order chi connectivity index (χ1) is 11.5. The van der Waals surface area contributed by atoms with Crippen molar-refractivity contribution in [1.82, 2.24) is 5.43 Å². The van der Waals surface area contributed by atoms with Crippen LogP contribution in [0.25, 0.3) is 0 Å². The summed E-state index contributed by atoms with van der Waals surface area (Å²) in [6.45, 7) is 0. The number of nitrogens with one attached hydrogen (secondary N) is 1. The van der Waals surface area contributed by atoms with Crippen molar-refractivity contribution in [1.29, 1.82) is 0 Å². The number of rotatable bonds is 5. The van der Waals surface area contributed by atoms with E-state index in [1.54, 1.807) is 36.4 Å². The summed E-state index contributed by atoms with van der Waals surface area (Å²) < 4.78 is 11.4. The standard InChI is InChI=1S/C16H14BrN3O3S/c1-22-14-7-10(9-19-20-16(18)24)5-6-13(14)23-15(21)11-3-2-4-12(17)8-11/h2-9H,1H3,(H3,18,20,24)/b19-9-. The van der Waals surface area contributed by atoms with E-state index in [4.69, 9.17) is 15.2 Å². The van der Waals surface area contributed by atoms with Crippen molar-refractivity contribution in [3.8, 4) is 11.5 Å². The first-order valence-electron chi connectivity index (χ1n) is 6.74. The lowest BCUT2D eigenvalue weighted by Gasteiger charge is -2.10. The summed E-state index contributed by atoms with van der Waals surface area (Å²) >= 11 is 7.97. The Kier molecular flexibility index (Phi) is 6.28. The minimum atomic E-state index is -0.480. The molecule has 0 amide bonds. The van der Waals surface area contributed by atoms with Gasteiger partial charge in [0.2, 0.25) is 0 Å². The summed E-state index contributed by atoms with van der Waals surface area (Å²) in [6.07, 6.45) is 1.52. The number of benzene rings is 2. The molecule has 0 atom stereocenters. The first-order valence-corrected chi connectivity index (χ1v) is 7.94. The second-order valence-corrected chi connectivity index (χ2v) is 5.90. The van der Waals surface area contributed by atoms with Crippen molar-refractivity contribution in [3.63, 3.8) is 0 Å². The zero-order chi connectivity index (χ0) is 17.5. The van der Waals surface area contributed by atoms with Crippen molar-refractivity contribution in [3.05, 3.63) is 58.1 Å². The molecule has 0 saturated carbocycles. The van der Waals surface area contributed by atoms with Crippen LogP contribution in [0, 0.1) is 0 Å². The zero-order valence-corrected chi connectivity index (χ0v) is 15.1. The number of halogens is 1. The maximum atomic E-state index is 12.2. The molecular formula is C16H14BrN3O3S. The van der Waals surface area contributed by atoms with Gasteiger partial charge in [0.25, 0.3) is 0 Å². The molecule has 0 aliphatic carbocycles. The van der Waals surface area contributed by atoms with E-state index in [1.165, 1.54) is 13.3 Å². The number of ether oxygens (including phenoxy) is 2. The van der Waals surface area contributed by atoms with Gasteiger partial charge in [-0.15, -0.1) is 0 Å². The maximum Gasteiger partial charge on any atom is 0.343 e. The van der Waals surface area contributed by atoms with Crippen LogP contribution in [0.4, 0.5) is 0 Å². The molecule has 2 aromatic rings. The summed E-state index contributed by atoms with van der Waals surface area (Å²) in [4.78, 5) is 12.2. The molecule has 8 heteroatoms. The first kappa shape index (κ1) is 17.9. The Morgan fingerprint density at radius 1 is 1.29 bits per heavy atom. The molecule has 0 unspecified atom stereocenters. The van der Waals surface area contributed by atoms with Crippen LogP contribution < -0.4 is 20.6 Å². The van der Waals surface area contributed by atoms with E-state index in [1.807, 2.05) is 6.07 Å². The Morgan fingerprint density at radius 3 is 2.75 bits per heavy atom. The van der Waals surface area contributed by atoms with Gasteiger partial charge in [-0.2, -0.15) is 5.10 Å². The minimum absolute atomic E-state index is 0.0674. The number of nitrogens with zero attached hydrogens (tertiary/aromatic N) is 1. The molecule has 2 aromatic carbocycles. The summed E-state index contributed by atoms with van der Waals surface area (Å²) in [6, 6.07) is 11.9. The number of thiocarbonyl (C=S) groups is 1. The zero-order valence-electron chi connectivity index (χ0n) is 12.7. The Bertz CT molecular complexity index is 796. The fourth-order valence-electron chi connectivity index (χ4n) is 1.79. The van der Waals surface area contributed by atoms with Gasteiger partial charge >= 0.3 is 5.97 Å². The number of carbonyl (C=O) groups is 1. The summed E-state index contributed by atoms with van der Waals surface area (Å²) in [5.74, 6) is 0.228. The molecule has 0 spiro atoms. The van der Waals surface area contributed by atoms with Crippen molar-refractivity contribution in [2.24, 2.45) is 10.8 Å². The highest BCUT2D eigenvalue weighted by atomic mass is 79.9. The lowest BCUT2D eigenvalue weighted by molar-refractivity contribution is 0.0729. The Hall–Kier alpha value is -2.45. The maximum absolute atomic E-state index is 12.2. The molecule has 3 N–H and O–H groups in total. The van der Waals surface area contributed by atoms with Gasteiger partial charge in [0.1, 0.15) is 0 Å². The molecule has 124 valence electrons. The fraction of sp³-hybridized carbons (Fsp3) is 0.0625. The van der Waals surface area contributed by atoms with Gasteiger partial charge in [-0.05, 0) is 54.2 Å². The molecule has 0 aliphatic rings. The molecule has 0 aromatic heterocycles. The number of carbonyl (C=O) groups excluding carboxylic acids is 1. The predicted octanol–water partition coefficient (Wildman–Crippen LogP) is 2.84. The quantitative estimate of drug-likeness (QED) is 0.260. The molecule has 24 heavy (non-hydrogen) atoms. The third-order valence-corrected chi connectivity index (χ3v) is 3.42. The van der Waals surface area contributed by atoms with Crippen LogP contribution in [0.3, 0.4) is 0 Å². The third kappa shape index (κ3) is 5.04. The normalized spacial score (nSPS) is 10.4. The van der Waals surface area contributed by atoms with Crippen molar-refractivity contribution in [2.45, 2.75) is 0 Å². The molecule has 0 saturated heterocycles. The van der Waals surface area contributed by atoms with Crippen LogP contribution in [0.2, 0.25) is 0 Å². The molecule has 6 nitrogen and oxygen atoms in total. The Balaban J connectivity index is 2.17. The lowest BCUT2D eigenvalue weighted by Crippen LogP contribution is -2.23. The number of hydrogen-bond acceptors (Lipinski definition) is 5. The van der Waals surface area contributed by atoms with E-state index in [2.05, 4.69) is 38.7 Å². The van der Waals surface area contributed by atoms with Crippen LogP contribution in [0.15, 0.2) is 52.0 Å². The average Bonchev–Trinajstić information content (AvgIpc) is 2.55. The number of hydrazone groups is 1. The van der Waals surface area contributed by atoms with E-state index in [-0.39, 0.29) is 5.11 Å². The topological polar surface area (TPSA) is 85.9 Å². The van der Waals surface area contributed by atoms with Gasteiger partial charge in [0, 0.05) is 4.47 Å². The molecular weight excluding hydrogens is 394 g/mol. The Labute approximate surface area is 152 Å². The van der Waals surface area contributed by atoms with Gasteiger partial charge in [-0.3, -0.25) is 5.43 Å². The number of methoxy groups -OCH3 is 1. The van der Waals surface area contributed by atoms with E-state index in [9.17, 15) is 4.79 Å². The molecule has 0 heterocycles. The number of esters is 1. The van der Waals surface area contributed by atoms with Crippen LogP contribution >= 0.6 is 28.1 Å². The summed E-state index contributed by atoms with van der Waals surface area (Å²) in [5, 5.41) is 3.92. The molecule has 0 radical (unpaired) electrons. The van der Waals surface area contributed by atoms with Crippen molar-refractivity contribution < 1.29 is 14.3 Å². The predicted molar refractivity (Wildman–Crippen MR) is 99.6 cm³/mol. The second kappa shape index (κ2) is 8.42. The van der Waals surface area contributed by atoms with Crippen LogP contribution in [-0.4, -0.2) is 24.4 Å². The van der Waals surface area contributed by atoms with Gasteiger partial charge < -0.3 is 15.2 Å². The van der Waals surface area contributed by atoms with Crippen LogP contribution in [0.1, 0.15) is 15.9 Å². The highest BCUT2D eigenvalue weighted by Gasteiger charge is 2.13. The van der Waals surface area contributed by atoms with Gasteiger partial charge in [0.15, 0.2) is 16.6 Å². The minimum Gasteiger partial charge on any atom is -0.493 e. The summed E-state index contributed by atoms with van der Waals surface area (Å²) in [5.41, 5.74) is 8.88. The highest BCUT2D eigenvalue weighted by molar-refractivity contribution is 9.10. The van der Waals surface area contributed by atoms with Crippen molar-refractivity contribution >= 4 is 45.4 Å². The van der Waals surface area contributed by atoms with E-state index >= 15 is 0 Å². The largest absolute Gasteiger partial charge is 0.493 e. The van der Waals surface area contributed by atoms with Gasteiger partial charge in [-0.25, -0.2) is 4.79 Å². The number of hydrogen-bond donors (Lipinski definition) is 2. The van der Waals surface area contributed by atoms with Crippen LogP contribution in [0.5, 0.6) is 11.5 Å². The van der Waals surface area contributed by atoms with Gasteiger partial charge in [-0.1, -0.05) is 22.0 Å². The Morgan fingerprint density at radius 2 is 2.08 bits per heavy atom. The SMILES string of the molecule is COc1cc(/C=N\NC(N)=S)ccc1OC(=O)c1cccc(Br)c1. The summed E-state index contributed by atoms with van der Waals surface area (Å²) in [7, 11) is 1.49. The smallest absolute Gasteiger partial charge is 0.343 e. The van der Waals surface area contributed by atoms with E-state index in [0.717, 1.165) is 10.0 Å². The van der Waals surface area contributed by atoms with Crippen LogP contribution in [-0.2, 0) is 0 Å². The number of nitrogens with two attached hydrogens (primary N) is 1. The molecule has 2 rings (SSSR count). The van der Waals surface area contributed by atoms with Gasteiger partial charge in [0.05, 0.1) is 18.9 Å². The lowest BCUT2D eigenvalue weighted by atomic mass is 10.2. The molecule has 0 bridgehead atoms. The van der Waals surface area contributed by atoms with E-state index in [0.29, 0.717) is 17.1 Å². The third-order valence-electron chi connectivity index (χ3n) is 2.84. The second-order valence-electron chi connectivity index (χ2n) is 4.54. The monoisotopic (exact) mass is 407 g/mol.